The van der Waals surface area contributed by atoms with E-state index in [1.807, 2.05) is 0 Å². The first-order chi connectivity index (χ1) is 10.5. The Morgan fingerprint density at radius 3 is 1.33 bits per heavy atom. The van der Waals surface area contributed by atoms with Crippen LogP contribution in [-0.2, 0) is 27.3 Å². The molecule has 27 heavy (non-hydrogen) atoms. The summed E-state index contributed by atoms with van der Waals surface area (Å²) in [5.41, 5.74) is 0. The van der Waals surface area contributed by atoms with Crippen molar-refractivity contribution in [2.45, 2.75) is 36.6 Å². The van der Waals surface area contributed by atoms with Gasteiger partial charge in [0.05, 0.1) is 7.82 Å². The van der Waals surface area contributed by atoms with E-state index in [0.717, 1.165) is 0 Å². The Hall–Kier alpha value is 3.21. The number of aliphatic hydroxyl groups is 3. The normalized spacial score (nSPS) is 33.7. The molecule has 0 saturated heterocycles. The maximum atomic E-state index is 10.9. The number of aliphatic hydroxyl groups excluding tert-OH is 3. The Bertz CT molecular complexity index is 587. The maximum absolute atomic E-state index is 10.9. The largest absolute Gasteiger partial charge is 1.00 e. The van der Waals surface area contributed by atoms with Gasteiger partial charge in [-0.1, -0.05) is 0 Å². The average Bonchev–Trinajstić information content (AvgIpc) is 2.32. The number of hydrogen-bond acceptors (Lipinski definition) is 12. The topological polar surface area (TPSA) is 269 Å². The quantitative estimate of drug-likeness (QED) is 0.150. The SMILES string of the molecule is O=P([O-])([O-])OC1[C@@H](O)C(OP(=O)(O)O)C(OP(=O)([O-])O)[C@H](O)[C@H]1O.[Na+].[Na+].[Na+]. The Kier molecular flexibility index (Phi) is 16.8. The van der Waals surface area contributed by atoms with Crippen LogP contribution in [0, 0.1) is 0 Å². The molecule has 21 heteroatoms. The van der Waals surface area contributed by atoms with E-state index in [-0.39, 0.29) is 88.7 Å². The predicted octanol–water partition coefficient (Wildman–Crippen LogP) is -14.4. The van der Waals surface area contributed by atoms with Crippen molar-refractivity contribution in [2.24, 2.45) is 0 Å². The van der Waals surface area contributed by atoms with Gasteiger partial charge in [-0.2, -0.15) is 0 Å². The first kappa shape index (κ1) is 34.8. The van der Waals surface area contributed by atoms with Crippen molar-refractivity contribution in [1.29, 1.82) is 0 Å². The Morgan fingerprint density at radius 2 is 1.00 bits per heavy atom. The molecule has 0 radical (unpaired) electrons. The van der Waals surface area contributed by atoms with Crippen molar-refractivity contribution >= 4 is 23.5 Å². The van der Waals surface area contributed by atoms with Gasteiger partial charge in [0.15, 0.2) is 0 Å². The molecule has 1 saturated carbocycles. The van der Waals surface area contributed by atoms with Crippen LogP contribution < -0.4 is 103 Å². The summed E-state index contributed by atoms with van der Waals surface area (Å²) < 4.78 is 43.9. The zero-order valence-electron chi connectivity index (χ0n) is 14.2. The molecule has 1 rings (SSSR count). The molecule has 0 bridgehead atoms. The van der Waals surface area contributed by atoms with Crippen LogP contribution in [-0.4, -0.2) is 66.6 Å². The van der Waals surface area contributed by atoms with Gasteiger partial charge in [-0.25, -0.2) is 4.57 Å². The number of phosphoric ester groups is 3. The van der Waals surface area contributed by atoms with Crippen LogP contribution in [0.1, 0.15) is 0 Å². The molecule has 0 heterocycles. The molecule has 0 amide bonds. The van der Waals surface area contributed by atoms with E-state index < -0.39 is 60.1 Å². The van der Waals surface area contributed by atoms with E-state index in [4.69, 9.17) is 14.7 Å². The second kappa shape index (κ2) is 13.0. The molecule has 6 N–H and O–H groups in total. The van der Waals surface area contributed by atoms with E-state index in [9.17, 15) is 43.7 Å². The molecule has 0 aromatic carbocycles. The second-order valence-electron chi connectivity index (χ2n) is 4.59. The van der Waals surface area contributed by atoms with Crippen LogP contribution in [0.5, 0.6) is 0 Å². The van der Waals surface area contributed by atoms with Gasteiger partial charge in [0.2, 0.25) is 0 Å². The van der Waals surface area contributed by atoms with Crippen LogP contribution in [0.2, 0.25) is 0 Å². The fourth-order valence-corrected chi connectivity index (χ4v) is 3.66. The molecule has 0 aromatic heterocycles. The van der Waals surface area contributed by atoms with Crippen LogP contribution in [0.3, 0.4) is 0 Å². The molecule has 0 aliphatic heterocycles. The molecular formula is C6H12Na3O15P3. The van der Waals surface area contributed by atoms with Gasteiger partial charge < -0.3 is 58.3 Å². The molecule has 1 fully saturated rings. The van der Waals surface area contributed by atoms with Gasteiger partial charge in [-0.3, -0.25) is 9.09 Å². The molecule has 144 valence electrons. The summed E-state index contributed by atoms with van der Waals surface area (Å²) in [6, 6.07) is 0. The van der Waals surface area contributed by atoms with Gasteiger partial charge >= 0.3 is 96.5 Å². The summed E-state index contributed by atoms with van der Waals surface area (Å²) in [4.78, 5) is 58.0. The Balaban J connectivity index is -0.00000192. The third-order valence-corrected chi connectivity index (χ3v) is 4.31. The van der Waals surface area contributed by atoms with Gasteiger partial charge in [0.25, 0.3) is 7.82 Å². The summed E-state index contributed by atoms with van der Waals surface area (Å²) in [6.45, 7) is 0. The molecular weight excluding hydrogens is 474 g/mol. The summed E-state index contributed by atoms with van der Waals surface area (Å²) in [6.07, 6.45) is -15.0. The Morgan fingerprint density at radius 1 is 0.630 bits per heavy atom. The number of phosphoric acid groups is 3. The van der Waals surface area contributed by atoms with Crippen molar-refractivity contribution in [3.05, 3.63) is 0 Å². The minimum atomic E-state index is -5.86. The third-order valence-electron chi connectivity index (χ3n) is 2.78. The maximum Gasteiger partial charge on any atom is 1.00 e. The molecule has 7 atom stereocenters. The van der Waals surface area contributed by atoms with Crippen molar-refractivity contribution in [3.8, 4) is 0 Å². The van der Waals surface area contributed by atoms with Crippen LogP contribution in [0.4, 0.5) is 0 Å². The zero-order chi connectivity index (χ0) is 19.1. The fourth-order valence-electron chi connectivity index (χ4n) is 2.00. The van der Waals surface area contributed by atoms with Crippen molar-refractivity contribution < 1.29 is 161 Å². The summed E-state index contributed by atoms with van der Waals surface area (Å²) in [5.74, 6) is 0. The monoisotopic (exact) mass is 486 g/mol. The van der Waals surface area contributed by atoms with Gasteiger partial charge in [0, 0.05) is 0 Å². The smallest absolute Gasteiger partial charge is 0.790 e. The van der Waals surface area contributed by atoms with Crippen molar-refractivity contribution in [3.63, 3.8) is 0 Å². The van der Waals surface area contributed by atoms with E-state index in [2.05, 4.69) is 13.6 Å². The van der Waals surface area contributed by atoms with Gasteiger partial charge in [-0.15, -0.1) is 0 Å². The van der Waals surface area contributed by atoms with E-state index in [1.165, 1.54) is 0 Å². The summed E-state index contributed by atoms with van der Waals surface area (Å²) in [5, 5.41) is 29.1. The third kappa shape index (κ3) is 12.1. The molecule has 15 nitrogen and oxygen atoms in total. The number of rotatable bonds is 6. The predicted molar refractivity (Wildman–Crippen MR) is 62.1 cm³/mol. The minimum Gasteiger partial charge on any atom is -0.790 e. The van der Waals surface area contributed by atoms with Crippen molar-refractivity contribution in [2.75, 3.05) is 0 Å². The van der Waals surface area contributed by atoms with Crippen LogP contribution >= 0.6 is 23.5 Å². The van der Waals surface area contributed by atoms with Gasteiger partial charge in [-0.05, 0) is 0 Å². The van der Waals surface area contributed by atoms with E-state index in [0.29, 0.717) is 0 Å². The zero-order valence-corrected chi connectivity index (χ0v) is 22.8. The van der Waals surface area contributed by atoms with Crippen LogP contribution in [0.25, 0.3) is 0 Å². The molecule has 1 aliphatic carbocycles. The second-order valence-corrected chi connectivity index (χ2v) is 8.03. The first-order valence-corrected chi connectivity index (χ1v) is 10.2. The van der Waals surface area contributed by atoms with Crippen LogP contribution in [0.15, 0.2) is 0 Å². The first-order valence-electron chi connectivity index (χ1n) is 5.72. The summed E-state index contributed by atoms with van der Waals surface area (Å²) in [7, 11) is -17.0. The van der Waals surface area contributed by atoms with Crippen molar-refractivity contribution in [1.82, 2.24) is 0 Å². The molecule has 1 aliphatic rings. The van der Waals surface area contributed by atoms with E-state index >= 15 is 0 Å². The van der Waals surface area contributed by atoms with E-state index in [1.54, 1.807) is 0 Å². The molecule has 0 aromatic rings. The minimum absolute atomic E-state index is 0. The summed E-state index contributed by atoms with van der Waals surface area (Å²) >= 11 is 0. The Labute approximate surface area is 218 Å². The standard InChI is InChI=1S/C6H15O15P3.3Na/c7-1-2(8)5(20-23(13,14)15)6(21-24(16,17)18)3(9)4(1)19-22(10,11)12;;;/h1-9H,(H2,10,11,12)(H2,13,14,15)(H2,16,17,18);;;/q;3*+1/p-3/t1-,2-,3-,4?,5?,6?;;;/m1.../s1. The molecule has 0 spiro atoms. The van der Waals surface area contributed by atoms with Gasteiger partial charge in [0.1, 0.15) is 36.6 Å². The number of hydrogen-bond donors (Lipinski definition) is 6. The molecule has 4 unspecified atom stereocenters. The average molecular weight is 486 g/mol. The fraction of sp³-hybridized carbons (Fsp3) is 1.00.